The van der Waals surface area contributed by atoms with E-state index in [2.05, 4.69) is 10.4 Å². The number of halogens is 1. The van der Waals surface area contributed by atoms with Crippen LogP contribution in [0.3, 0.4) is 0 Å². The first-order valence-electron chi connectivity index (χ1n) is 7.66. The van der Waals surface area contributed by atoms with Crippen LogP contribution in [0.25, 0.3) is 5.69 Å². The molecule has 1 heterocycles. The average molecular weight is 340 g/mol. The molecule has 3 aromatic rings. The average Bonchev–Trinajstić information content (AvgIpc) is 2.86. The molecule has 2 aromatic carbocycles. The predicted octanol–water partition coefficient (Wildman–Crippen LogP) is 4.70. The lowest BCUT2D eigenvalue weighted by atomic mass is 10.1. The van der Waals surface area contributed by atoms with E-state index in [0.29, 0.717) is 22.0 Å². The van der Waals surface area contributed by atoms with Gasteiger partial charge in [0.25, 0.3) is 5.91 Å². The highest BCUT2D eigenvalue weighted by Crippen LogP contribution is 2.22. The van der Waals surface area contributed by atoms with E-state index in [1.165, 1.54) is 0 Å². The molecule has 5 heteroatoms. The van der Waals surface area contributed by atoms with Crippen LogP contribution in [0, 0.1) is 20.8 Å². The third-order valence-electron chi connectivity index (χ3n) is 3.95. The number of carbonyl (C=O) groups excluding carboxylic acids is 1. The Morgan fingerprint density at radius 2 is 1.79 bits per heavy atom. The van der Waals surface area contributed by atoms with Gasteiger partial charge in [-0.15, -0.1) is 0 Å². The Morgan fingerprint density at radius 3 is 2.46 bits per heavy atom. The van der Waals surface area contributed by atoms with Crippen molar-refractivity contribution in [3.8, 4) is 5.69 Å². The number of hydrogen-bond donors (Lipinski definition) is 1. The molecule has 4 nitrogen and oxygen atoms in total. The number of para-hydroxylation sites is 1. The number of amides is 1. The Hall–Kier alpha value is -2.59. The van der Waals surface area contributed by atoms with Crippen LogP contribution in [-0.2, 0) is 0 Å². The molecule has 0 aliphatic heterocycles. The molecule has 24 heavy (non-hydrogen) atoms. The molecule has 0 fully saturated rings. The van der Waals surface area contributed by atoms with Gasteiger partial charge in [0.2, 0.25) is 0 Å². The predicted molar refractivity (Wildman–Crippen MR) is 97.2 cm³/mol. The van der Waals surface area contributed by atoms with E-state index in [9.17, 15) is 4.79 Å². The second-order valence-electron chi connectivity index (χ2n) is 5.71. The summed E-state index contributed by atoms with van der Waals surface area (Å²) in [6, 6.07) is 15.2. The minimum Gasteiger partial charge on any atom is -0.322 e. The quantitative estimate of drug-likeness (QED) is 0.751. The van der Waals surface area contributed by atoms with Gasteiger partial charge in [-0.2, -0.15) is 5.10 Å². The molecule has 1 aromatic heterocycles. The van der Waals surface area contributed by atoms with Crippen molar-refractivity contribution >= 4 is 23.2 Å². The normalized spacial score (nSPS) is 10.7. The summed E-state index contributed by atoms with van der Waals surface area (Å²) in [5.74, 6) is -0.188. The Bertz CT molecular complexity index is 900. The maximum absolute atomic E-state index is 12.7. The molecule has 0 saturated heterocycles. The molecule has 0 saturated carbocycles. The van der Waals surface area contributed by atoms with Crippen molar-refractivity contribution in [2.45, 2.75) is 20.8 Å². The first-order valence-corrected chi connectivity index (χ1v) is 8.04. The number of nitrogens with one attached hydrogen (secondary N) is 1. The van der Waals surface area contributed by atoms with Gasteiger partial charge in [0.1, 0.15) is 0 Å². The van der Waals surface area contributed by atoms with E-state index in [4.69, 9.17) is 11.6 Å². The van der Waals surface area contributed by atoms with Gasteiger partial charge in [-0.3, -0.25) is 4.79 Å². The molecule has 1 N–H and O–H groups in total. The lowest BCUT2D eigenvalue weighted by Gasteiger charge is -2.08. The molecule has 0 spiro atoms. The number of carbonyl (C=O) groups is 1. The van der Waals surface area contributed by atoms with E-state index in [1.54, 1.807) is 10.7 Å². The molecule has 0 aliphatic carbocycles. The van der Waals surface area contributed by atoms with Crippen LogP contribution in [0.2, 0.25) is 5.02 Å². The summed E-state index contributed by atoms with van der Waals surface area (Å²) >= 11 is 6.12. The summed E-state index contributed by atoms with van der Waals surface area (Å²) in [5.41, 5.74) is 4.63. The number of rotatable bonds is 3. The van der Waals surface area contributed by atoms with Crippen LogP contribution >= 0.6 is 11.6 Å². The van der Waals surface area contributed by atoms with E-state index < -0.39 is 0 Å². The maximum atomic E-state index is 12.7. The van der Waals surface area contributed by atoms with Crippen molar-refractivity contribution in [1.82, 2.24) is 9.78 Å². The number of anilines is 1. The summed E-state index contributed by atoms with van der Waals surface area (Å²) in [6.07, 6.45) is 0. The fourth-order valence-electron chi connectivity index (χ4n) is 2.66. The van der Waals surface area contributed by atoms with Crippen molar-refractivity contribution in [3.63, 3.8) is 0 Å². The number of aryl methyl sites for hydroxylation is 2. The van der Waals surface area contributed by atoms with E-state index in [0.717, 1.165) is 16.9 Å². The summed E-state index contributed by atoms with van der Waals surface area (Å²) in [7, 11) is 0. The highest BCUT2D eigenvalue weighted by Gasteiger charge is 2.19. The zero-order valence-corrected chi connectivity index (χ0v) is 14.6. The van der Waals surface area contributed by atoms with E-state index in [-0.39, 0.29) is 5.91 Å². The number of hydrogen-bond acceptors (Lipinski definition) is 2. The fourth-order valence-corrected chi connectivity index (χ4v) is 2.84. The minimum atomic E-state index is -0.188. The first-order chi connectivity index (χ1) is 11.5. The Kier molecular flexibility index (Phi) is 4.40. The third-order valence-corrected chi connectivity index (χ3v) is 4.36. The smallest absolute Gasteiger partial charge is 0.259 e. The molecule has 3 rings (SSSR count). The molecule has 0 atom stereocenters. The monoisotopic (exact) mass is 339 g/mol. The topological polar surface area (TPSA) is 46.9 Å². The van der Waals surface area contributed by atoms with Crippen LogP contribution in [0.4, 0.5) is 5.69 Å². The minimum absolute atomic E-state index is 0.188. The lowest BCUT2D eigenvalue weighted by Crippen LogP contribution is -2.14. The zero-order valence-electron chi connectivity index (χ0n) is 13.8. The highest BCUT2D eigenvalue weighted by atomic mass is 35.5. The summed E-state index contributed by atoms with van der Waals surface area (Å²) in [4.78, 5) is 12.7. The summed E-state index contributed by atoms with van der Waals surface area (Å²) in [6.45, 7) is 5.65. The van der Waals surface area contributed by atoms with Crippen LogP contribution in [0.5, 0.6) is 0 Å². The first kappa shape index (κ1) is 16.3. The Morgan fingerprint density at radius 1 is 1.08 bits per heavy atom. The Balaban J connectivity index is 1.93. The van der Waals surface area contributed by atoms with Gasteiger partial charge in [0.15, 0.2) is 0 Å². The highest BCUT2D eigenvalue weighted by molar-refractivity contribution is 6.31. The van der Waals surface area contributed by atoms with Crippen molar-refractivity contribution in [2.75, 3.05) is 5.32 Å². The molecular weight excluding hydrogens is 322 g/mol. The molecule has 0 aliphatic rings. The Labute approximate surface area is 146 Å². The SMILES string of the molecule is Cc1ccc(NC(=O)c2c(C)nn(-c3ccccc3)c2C)cc1Cl. The van der Waals surface area contributed by atoms with Crippen molar-refractivity contribution < 1.29 is 4.79 Å². The van der Waals surface area contributed by atoms with Crippen molar-refractivity contribution in [2.24, 2.45) is 0 Å². The van der Waals surface area contributed by atoms with Crippen molar-refractivity contribution in [3.05, 3.63) is 76.1 Å². The van der Waals surface area contributed by atoms with Crippen molar-refractivity contribution in [1.29, 1.82) is 0 Å². The maximum Gasteiger partial charge on any atom is 0.259 e. The fraction of sp³-hybridized carbons (Fsp3) is 0.158. The van der Waals surface area contributed by atoms with Gasteiger partial charge < -0.3 is 5.32 Å². The largest absolute Gasteiger partial charge is 0.322 e. The zero-order chi connectivity index (χ0) is 17.3. The van der Waals surface area contributed by atoms with E-state index >= 15 is 0 Å². The standard InChI is InChI=1S/C19H18ClN3O/c1-12-9-10-15(11-17(12)20)21-19(24)18-13(2)22-23(14(18)3)16-7-5-4-6-8-16/h4-11H,1-3H3,(H,21,24). The summed E-state index contributed by atoms with van der Waals surface area (Å²) in [5, 5.41) is 8.03. The molecule has 0 radical (unpaired) electrons. The van der Waals surface area contributed by atoms with Crippen LogP contribution in [0.1, 0.15) is 27.3 Å². The van der Waals surface area contributed by atoms with Gasteiger partial charge in [0.05, 0.1) is 22.6 Å². The molecular formula is C19H18ClN3O. The lowest BCUT2D eigenvalue weighted by molar-refractivity contribution is 0.102. The molecule has 0 unspecified atom stereocenters. The van der Waals surface area contributed by atoms with Gasteiger partial charge in [-0.05, 0) is 50.6 Å². The molecule has 1 amide bonds. The van der Waals surface area contributed by atoms with Gasteiger partial charge in [0, 0.05) is 10.7 Å². The number of aromatic nitrogens is 2. The number of benzene rings is 2. The van der Waals surface area contributed by atoms with Gasteiger partial charge in [-0.1, -0.05) is 35.9 Å². The van der Waals surface area contributed by atoms with Crippen LogP contribution < -0.4 is 5.32 Å². The second kappa shape index (κ2) is 6.49. The second-order valence-corrected chi connectivity index (χ2v) is 6.12. The number of nitrogens with zero attached hydrogens (tertiary/aromatic N) is 2. The molecule has 122 valence electrons. The van der Waals surface area contributed by atoms with Crippen LogP contribution in [-0.4, -0.2) is 15.7 Å². The van der Waals surface area contributed by atoms with Gasteiger partial charge >= 0.3 is 0 Å². The summed E-state index contributed by atoms with van der Waals surface area (Å²) < 4.78 is 1.78. The van der Waals surface area contributed by atoms with Gasteiger partial charge in [-0.25, -0.2) is 4.68 Å². The van der Waals surface area contributed by atoms with Crippen LogP contribution in [0.15, 0.2) is 48.5 Å². The molecule has 0 bridgehead atoms. The third kappa shape index (κ3) is 3.05. The van der Waals surface area contributed by atoms with E-state index in [1.807, 2.05) is 63.2 Å².